The van der Waals surface area contributed by atoms with Crippen LogP contribution < -0.4 is 10.3 Å². The van der Waals surface area contributed by atoms with E-state index in [1.165, 1.54) is 6.33 Å². The van der Waals surface area contributed by atoms with Crippen molar-refractivity contribution in [1.82, 2.24) is 25.3 Å². The van der Waals surface area contributed by atoms with Gasteiger partial charge in [0.25, 0.3) is 6.43 Å². The minimum absolute atomic E-state index is 0.302. The second kappa shape index (κ2) is 7.08. The Morgan fingerprint density at radius 3 is 3.17 bits per heavy atom. The standard InChI is InChI=1S/C15H20F2N6O/c1-22(14-11-4-5-18-13(11)20-9-21-14)23-6-2-3-10(8-23)15(24)19-7-12(16)17/h4-5,9-10,12H,2-3,6-8H2,1H3,(H,19,24)(H,18,20,21)/t10-/m0/s1. The van der Waals surface area contributed by atoms with Crippen molar-refractivity contribution in [2.45, 2.75) is 19.3 Å². The van der Waals surface area contributed by atoms with Gasteiger partial charge in [-0.2, -0.15) is 0 Å². The maximum Gasteiger partial charge on any atom is 0.255 e. The SMILES string of the molecule is CN(c1ncnc2[nH]ccc12)N1CCC[C@H](C(=O)NCC(F)F)C1. The number of carbonyl (C=O) groups excluding carboxylic acids is 1. The van der Waals surface area contributed by atoms with Gasteiger partial charge in [0.1, 0.15) is 12.0 Å². The highest BCUT2D eigenvalue weighted by molar-refractivity contribution is 5.87. The maximum atomic E-state index is 12.3. The van der Waals surface area contributed by atoms with E-state index in [0.29, 0.717) is 13.0 Å². The third kappa shape index (κ3) is 3.45. The number of rotatable bonds is 5. The number of aromatic amines is 1. The van der Waals surface area contributed by atoms with Crippen LogP contribution >= 0.6 is 0 Å². The minimum Gasteiger partial charge on any atom is -0.350 e. The summed E-state index contributed by atoms with van der Waals surface area (Å²) in [6.45, 7) is 0.660. The molecule has 2 aromatic rings. The quantitative estimate of drug-likeness (QED) is 0.862. The van der Waals surface area contributed by atoms with Gasteiger partial charge in [-0.3, -0.25) is 9.80 Å². The highest BCUT2D eigenvalue weighted by atomic mass is 19.3. The molecule has 24 heavy (non-hydrogen) atoms. The van der Waals surface area contributed by atoms with Gasteiger partial charge in [0.05, 0.1) is 17.8 Å². The van der Waals surface area contributed by atoms with Gasteiger partial charge >= 0.3 is 0 Å². The molecule has 1 atom stereocenters. The summed E-state index contributed by atoms with van der Waals surface area (Å²) in [5.74, 6) is 0.126. The van der Waals surface area contributed by atoms with E-state index in [4.69, 9.17) is 0 Å². The third-order valence-corrected chi connectivity index (χ3v) is 4.27. The Bertz CT molecular complexity index is 706. The summed E-state index contributed by atoms with van der Waals surface area (Å²) in [5.41, 5.74) is 0.745. The van der Waals surface area contributed by atoms with Gasteiger partial charge in [-0.15, -0.1) is 0 Å². The van der Waals surface area contributed by atoms with Crippen LogP contribution in [-0.4, -0.2) is 59.0 Å². The van der Waals surface area contributed by atoms with Gasteiger partial charge in [0, 0.05) is 26.3 Å². The predicted molar refractivity (Wildman–Crippen MR) is 85.6 cm³/mol. The van der Waals surface area contributed by atoms with Gasteiger partial charge in [-0.1, -0.05) is 0 Å². The van der Waals surface area contributed by atoms with Crippen molar-refractivity contribution in [3.05, 3.63) is 18.6 Å². The number of hydrazine groups is 1. The largest absolute Gasteiger partial charge is 0.350 e. The number of hydrogen-bond donors (Lipinski definition) is 2. The van der Waals surface area contributed by atoms with Gasteiger partial charge in [-0.05, 0) is 18.9 Å². The first-order valence-electron chi connectivity index (χ1n) is 7.89. The number of halogens is 2. The number of aromatic nitrogens is 3. The Hall–Kier alpha value is -2.29. The van der Waals surface area contributed by atoms with Crippen LogP contribution in [-0.2, 0) is 4.79 Å². The average molecular weight is 338 g/mol. The molecule has 7 nitrogen and oxygen atoms in total. The maximum absolute atomic E-state index is 12.3. The Morgan fingerprint density at radius 1 is 1.54 bits per heavy atom. The molecule has 130 valence electrons. The highest BCUT2D eigenvalue weighted by Crippen LogP contribution is 2.25. The molecule has 2 aromatic heterocycles. The molecule has 0 bridgehead atoms. The minimum atomic E-state index is -2.53. The molecule has 1 aliphatic heterocycles. The lowest BCUT2D eigenvalue weighted by Crippen LogP contribution is -2.50. The van der Waals surface area contributed by atoms with E-state index < -0.39 is 13.0 Å². The molecule has 3 heterocycles. The van der Waals surface area contributed by atoms with Crippen molar-refractivity contribution in [2.24, 2.45) is 5.92 Å². The fourth-order valence-corrected chi connectivity index (χ4v) is 3.02. The second-order valence-electron chi connectivity index (χ2n) is 5.85. The number of alkyl halides is 2. The van der Waals surface area contributed by atoms with Gasteiger partial charge < -0.3 is 10.3 Å². The molecular formula is C15H20F2N6O. The number of nitrogens with zero attached hydrogens (tertiary/aromatic N) is 4. The Labute approximate surface area is 138 Å². The third-order valence-electron chi connectivity index (χ3n) is 4.27. The lowest BCUT2D eigenvalue weighted by molar-refractivity contribution is -0.127. The summed E-state index contributed by atoms with van der Waals surface area (Å²) in [6.07, 6.45) is 2.27. The molecular weight excluding hydrogens is 318 g/mol. The van der Waals surface area contributed by atoms with E-state index in [1.807, 2.05) is 23.1 Å². The average Bonchev–Trinajstić information content (AvgIpc) is 3.07. The summed E-state index contributed by atoms with van der Waals surface area (Å²) in [5, 5.41) is 7.13. The van der Waals surface area contributed by atoms with Crippen LogP contribution in [0.15, 0.2) is 18.6 Å². The molecule has 0 radical (unpaired) electrons. The zero-order valence-corrected chi connectivity index (χ0v) is 13.4. The Morgan fingerprint density at radius 2 is 2.38 bits per heavy atom. The first kappa shape index (κ1) is 16.6. The Kier molecular flexibility index (Phi) is 4.89. The molecule has 3 rings (SSSR count). The van der Waals surface area contributed by atoms with E-state index in [2.05, 4.69) is 20.3 Å². The summed E-state index contributed by atoms with van der Waals surface area (Å²) in [7, 11) is 1.88. The van der Waals surface area contributed by atoms with Crippen molar-refractivity contribution in [3.63, 3.8) is 0 Å². The van der Waals surface area contributed by atoms with E-state index in [0.717, 1.165) is 29.8 Å². The molecule has 1 aliphatic rings. The van der Waals surface area contributed by atoms with Crippen LogP contribution in [0.5, 0.6) is 0 Å². The van der Waals surface area contributed by atoms with Crippen LogP contribution in [0.1, 0.15) is 12.8 Å². The van der Waals surface area contributed by atoms with Crippen molar-refractivity contribution < 1.29 is 13.6 Å². The summed E-state index contributed by atoms with van der Waals surface area (Å²) < 4.78 is 24.5. The number of piperidine rings is 1. The van der Waals surface area contributed by atoms with Crippen LogP contribution in [0, 0.1) is 5.92 Å². The predicted octanol–water partition coefficient (Wildman–Crippen LogP) is 1.40. The fraction of sp³-hybridized carbons (Fsp3) is 0.533. The van der Waals surface area contributed by atoms with Crippen LogP contribution in [0.3, 0.4) is 0 Å². The molecule has 0 unspecified atom stereocenters. The number of amides is 1. The molecule has 0 aliphatic carbocycles. The summed E-state index contributed by atoms with van der Waals surface area (Å²) >= 11 is 0. The molecule has 0 spiro atoms. The molecule has 0 saturated carbocycles. The van der Waals surface area contributed by atoms with E-state index in [1.54, 1.807) is 6.20 Å². The first-order chi connectivity index (χ1) is 11.6. The van der Waals surface area contributed by atoms with Gasteiger partial charge in [-0.25, -0.2) is 23.8 Å². The van der Waals surface area contributed by atoms with E-state index in [9.17, 15) is 13.6 Å². The zero-order chi connectivity index (χ0) is 17.1. The van der Waals surface area contributed by atoms with Crippen LogP contribution in [0.25, 0.3) is 11.0 Å². The highest BCUT2D eigenvalue weighted by Gasteiger charge is 2.29. The van der Waals surface area contributed by atoms with Gasteiger partial charge in [0.15, 0.2) is 5.82 Å². The zero-order valence-electron chi connectivity index (χ0n) is 13.4. The number of anilines is 1. The van der Waals surface area contributed by atoms with Crippen LogP contribution in [0.4, 0.5) is 14.6 Å². The van der Waals surface area contributed by atoms with E-state index >= 15 is 0 Å². The fourth-order valence-electron chi connectivity index (χ4n) is 3.02. The number of carbonyl (C=O) groups is 1. The molecule has 0 aromatic carbocycles. The topological polar surface area (TPSA) is 77.2 Å². The van der Waals surface area contributed by atoms with Crippen molar-refractivity contribution >= 4 is 22.8 Å². The summed E-state index contributed by atoms with van der Waals surface area (Å²) in [6, 6.07) is 1.90. The van der Waals surface area contributed by atoms with Crippen molar-refractivity contribution in [3.8, 4) is 0 Å². The van der Waals surface area contributed by atoms with Crippen molar-refractivity contribution in [1.29, 1.82) is 0 Å². The molecule has 1 amide bonds. The number of nitrogens with one attached hydrogen (secondary N) is 2. The number of hydrogen-bond acceptors (Lipinski definition) is 5. The first-order valence-corrected chi connectivity index (χ1v) is 7.89. The van der Waals surface area contributed by atoms with Crippen LogP contribution in [0.2, 0.25) is 0 Å². The number of H-pyrrole nitrogens is 1. The second-order valence-corrected chi connectivity index (χ2v) is 5.85. The number of fused-ring (bicyclic) bond motifs is 1. The molecule has 1 fully saturated rings. The lowest BCUT2D eigenvalue weighted by atomic mass is 9.98. The normalized spacial score (nSPS) is 18.9. The molecule has 1 saturated heterocycles. The Balaban J connectivity index is 1.70. The van der Waals surface area contributed by atoms with Gasteiger partial charge in [0.2, 0.25) is 5.91 Å². The van der Waals surface area contributed by atoms with E-state index in [-0.39, 0.29) is 11.8 Å². The molecule has 9 heteroatoms. The van der Waals surface area contributed by atoms with Crippen molar-refractivity contribution in [2.75, 3.05) is 31.7 Å². The lowest BCUT2D eigenvalue weighted by Gasteiger charge is -2.38. The smallest absolute Gasteiger partial charge is 0.255 e. The molecule has 2 N–H and O–H groups in total. The summed E-state index contributed by atoms with van der Waals surface area (Å²) in [4.78, 5) is 23.6. The monoisotopic (exact) mass is 338 g/mol.